The summed E-state index contributed by atoms with van der Waals surface area (Å²) >= 11 is 0. The molecule has 0 N–H and O–H groups in total. The van der Waals surface area contributed by atoms with Crippen LogP contribution in [0.4, 0.5) is 0 Å². The van der Waals surface area contributed by atoms with E-state index in [2.05, 4.69) is 0 Å². The minimum atomic E-state index is 0. The molecule has 8 valence electrons. The zero-order valence-corrected chi connectivity index (χ0v) is 4.14. The Labute approximate surface area is 60.3 Å². The van der Waals surface area contributed by atoms with Gasteiger partial charge in [0.1, 0.15) is 0 Å². The quantitative estimate of drug-likeness (QED) is 0.247. The molecule has 0 aliphatic carbocycles. The van der Waals surface area contributed by atoms with Crippen molar-refractivity contribution in [1.29, 1.82) is 0 Å². The molecule has 0 aromatic carbocycles. The van der Waals surface area contributed by atoms with Crippen LogP contribution >= 0.6 is 0 Å². The Balaban J connectivity index is 0. The molecule has 0 amide bonds. The normalized spacial score (nSPS) is 0. The summed E-state index contributed by atoms with van der Waals surface area (Å²) in [6, 6.07) is 0. The number of hydrogen-bond donors (Lipinski definition) is 0. The van der Waals surface area contributed by atoms with Crippen LogP contribution in [-0.4, -0.2) is 17.4 Å². The fourth-order valence-corrected chi connectivity index (χ4v) is 0. The van der Waals surface area contributed by atoms with E-state index < -0.39 is 0 Å². The van der Waals surface area contributed by atoms with E-state index >= 15 is 0 Å². The summed E-state index contributed by atoms with van der Waals surface area (Å²) in [6.07, 6.45) is 0. The Bertz CT molecular complexity index is 6.00. The van der Waals surface area contributed by atoms with Crippen molar-refractivity contribution in [1.82, 2.24) is 0 Å². The molecule has 4 heteroatoms. The van der Waals surface area contributed by atoms with Gasteiger partial charge in [-0.2, -0.15) is 0 Å². The van der Waals surface area contributed by atoms with Crippen LogP contribution < -0.4 is 37.7 Å². The fraction of sp³-hybridized carbons (Fsp3) is 0. The number of hydrogen-bond acceptors (Lipinski definition) is 0. The summed E-state index contributed by atoms with van der Waals surface area (Å²) in [5.74, 6) is 0. The van der Waals surface area contributed by atoms with E-state index in [-0.39, 0.29) is 60.6 Å². The topological polar surface area (TPSA) is 28.5 Å². The van der Waals surface area contributed by atoms with Gasteiger partial charge in [-0.15, -0.1) is 0 Å². The summed E-state index contributed by atoms with van der Waals surface area (Å²) in [4.78, 5) is 0. The van der Waals surface area contributed by atoms with Gasteiger partial charge in [0.25, 0.3) is 0 Å². The van der Waals surface area contributed by atoms with Crippen LogP contribution in [-0.2, 0) is 5.48 Å². The molecule has 0 radical (unpaired) electrons. The van der Waals surface area contributed by atoms with E-state index in [9.17, 15) is 0 Å². The first-order chi connectivity index (χ1) is 0. The zero-order valence-electron chi connectivity index (χ0n) is 2.99. The first-order valence-electron chi connectivity index (χ1n) is 0. The Hall–Kier alpha value is 1.69. The maximum atomic E-state index is 0. The predicted octanol–water partition coefficient (Wildman–Crippen LogP) is -6.49. The minimum absolute atomic E-state index is 0. The third-order valence-corrected chi connectivity index (χ3v) is 0. The first kappa shape index (κ1) is 43.9. The van der Waals surface area contributed by atoms with Crippen molar-refractivity contribution >= 4 is 17.4 Å². The third-order valence-electron chi connectivity index (χ3n) is 0. The van der Waals surface area contributed by atoms with E-state index in [1.54, 1.807) is 0 Å². The molecule has 0 fully saturated rings. The molecule has 0 aromatic heterocycles. The van der Waals surface area contributed by atoms with Crippen LogP contribution in [0.1, 0.15) is 0 Å². The Morgan fingerprint density at radius 2 is 0.750 bits per heavy atom. The van der Waals surface area contributed by atoms with Crippen LogP contribution in [0.15, 0.2) is 0 Å². The molecule has 0 saturated heterocycles. The molecular weight excluding hydrogens is 56.9 g/mol. The third kappa shape index (κ3) is 9.35. The van der Waals surface area contributed by atoms with Crippen LogP contribution in [0.5, 0.6) is 0 Å². The van der Waals surface area contributed by atoms with Crippen LogP contribution in [0.2, 0.25) is 0 Å². The summed E-state index contributed by atoms with van der Waals surface area (Å²) < 4.78 is 0. The van der Waals surface area contributed by atoms with E-state index in [4.69, 9.17) is 0 Å². The van der Waals surface area contributed by atoms with Gasteiger partial charge in [0.05, 0.1) is 0 Å². The molecule has 0 rings (SSSR count). The summed E-state index contributed by atoms with van der Waals surface area (Å²) in [7, 11) is 0. The van der Waals surface area contributed by atoms with Crippen molar-refractivity contribution in [3.63, 3.8) is 0 Å². The van der Waals surface area contributed by atoms with Gasteiger partial charge in [-0.3, -0.25) is 0 Å². The van der Waals surface area contributed by atoms with E-state index in [1.807, 2.05) is 0 Å². The van der Waals surface area contributed by atoms with Gasteiger partial charge in [0.2, 0.25) is 0 Å². The molecule has 0 aromatic rings. The van der Waals surface area contributed by atoms with E-state index in [0.717, 1.165) is 0 Å². The van der Waals surface area contributed by atoms with Crippen LogP contribution in [0.3, 0.4) is 0 Å². The molecule has 0 bridgehead atoms. The molecule has 1 nitrogen and oxygen atoms in total. The van der Waals surface area contributed by atoms with Crippen molar-refractivity contribution in [3.8, 4) is 0 Å². The van der Waals surface area contributed by atoms with Gasteiger partial charge in [0, 0.05) is 0 Å². The molecule has 0 aliphatic rings. The predicted molar refractivity (Wildman–Crippen MR) is 6.44 cm³/mol. The Kier molecular flexibility index (Phi) is 246. The Morgan fingerprint density at radius 1 is 0.750 bits per heavy atom. The molecule has 0 spiro atoms. The van der Waals surface area contributed by atoms with E-state index in [1.165, 1.54) is 0 Å². The van der Waals surface area contributed by atoms with Crippen molar-refractivity contribution in [2.75, 3.05) is 0 Å². The molecule has 0 heterocycles. The second-order valence-electron chi connectivity index (χ2n) is 0. The monoisotopic (exact) mass is 57.0 g/mol. The molecular formula is AlLi2O+3. The van der Waals surface area contributed by atoms with Crippen molar-refractivity contribution in [3.05, 3.63) is 0 Å². The second-order valence-corrected chi connectivity index (χ2v) is 0. The van der Waals surface area contributed by atoms with Crippen molar-refractivity contribution in [2.24, 2.45) is 0 Å². The first-order valence-corrected chi connectivity index (χ1v) is 0. The second kappa shape index (κ2) is 22.4. The van der Waals surface area contributed by atoms with Gasteiger partial charge in [-0.25, -0.2) is 0 Å². The van der Waals surface area contributed by atoms with Gasteiger partial charge in [0.15, 0.2) is 0 Å². The number of rotatable bonds is 0. The maximum absolute atomic E-state index is 0. The minimum Gasteiger partial charge on any atom is -2.00 e. The summed E-state index contributed by atoms with van der Waals surface area (Å²) in [5.41, 5.74) is 0. The average molecular weight is 56.9 g/mol. The summed E-state index contributed by atoms with van der Waals surface area (Å²) in [6.45, 7) is 0. The van der Waals surface area contributed by atoms with Crippen molar-refractivity contribution in [2.45, 2.75) is 0 Å². The van der Waals surface area contributed by atoms with Crippen LogP contribution in [0, 0.1) is 0 Å². The molecule has 0 saturated carbocycles. The summed E-state index contributed by atoms with van der Waals surface area (Å²) in [5, 5.41) is 0. The Morgan fingerprint density at radius 3 is 0.750 bits per heavy atom. The van der Waals surface area contributed by atoms with Gasteiger partial charge in [-0.1, -0.05) is 0 Å². The standard InChI is InChI=1S/Al.2Li.O/q+3;2*+1;-2. The van der Waals surface area contributed by atoms with E-state index in [0.29, 0.717) is 0 Å². The smallest absolute Gasteiger partial charge is 2.00 e. The maximum Gasteiger partial charge on any atom is 3.00 e. The molecule has 0 unspecified atom stereocenters. The molecule has 4 heavy (non-hydrogen) atoms. The molecule has 0 atom stereocenters. The fourth-order valence-electron chi connectivity index (χ4n) is 0. The molecule has 0 aliphatic heterocycles. The zero-order chi connectivity index (χ0) is 0. The van der Waals surface area contributed by atoms with Crippen LogP contribution in [0.25, 0.3) is 0 Å². The SMILES string of the molecule is [Al+3].[Li+].[Li+].[O-2]. The van der Waals surface area contributed by atoms with Gasteiger partial charge < -0.3 is 5.48 Å². The average Bonchev–Trinajstić information content (AvgIpc) is 0. The van der Waals surface area contributed by atoms with Crippen molar-refractivity contribution < 1.29 is 43.2 Å². The largest absolute Gasteiger partial charge is 3.00 e. The van der Waals surface area contributed by atoms with Gasteiger partial charge >= 0.3 is 55.1 Å². The van der Waals surface area contributed by atoms with Gasteiger partial charge in [-0.05, 0) is 0 Å².